The highest BCUT2D eigenvalue weighted by Crippen LogP contribution is 2.32. The average Bonchev–Trinajstić information content (AvgIpc) is 3.26. The van der Waals surface area contributed by atoms with Crippen molar-refractivity contribution in [2.45, 2.75) is 32.9 Å². The smallest absolute Gasteiger partial charge is 0.153 e. The number of hydrogen-bond donors (Lipinski definition) is 2. The molecule has 148 valence electrons. The number of nitrogens with two attached hydrogens (primary N) is 1. The highest BCUT2D eigenvalue weighted by atomic mass is 16.5. The van der Waals surface area contributed by atoms with Crippen LogP contribution in [-0.2, 0) is 13.0 Å². The predicted molar refractivity (Wildman–Crippen MR) is 114 cm³/mol. The van der Waals surface area contributed by atoms with Crippen LogP contribution in [0.2, 0.25) is 0 Å². The molecule has 0 saturated heterocycles. The Morgan fingerprint density at radius 2 is 2.03 bits per heavy atom. The lowest BCUT2D eigenvalue weighted by Gasteiger charge is -2.22. The van der Waals surface area contributed by atoms with Crippen molar-refractivity contribution in [1.82, 2.24) is 14.8 Å². The van der Waals surface area contributed by atoms with Crippen LogP contribution in [0.3, 0.4) is 0 Å². The fourth-order valence-electron chi connectivity index (χ4n) is 4.68. The molecular formula is C24H27N4O+. The Morgan fingerprint density at radius 1 is 1.17 bits per heavy atom. The molecule has 5 nitrogen and oxygen atoms in total. The van der Waals surface area contributed by atoms with Crippen molar-refractivity contribution >= 4 is 10.9 Å². The first kappa shape index (κ1) is 18.0. The van der Waals surface area contributed by atoms with Crippen molar-refractivity contribution in [3.05, 3.63) is 82.3 Å². The summed E-state index contributed by atoms with van der Waals surface area (Å²) < 4.78 is 7.72. The Labute approximate surface area is 170 Å². The highest BCUT2D eigenvalue weighted by molar-refractivity contribution is 5.85. The van der Waals surface area contributed by atoms with Gasteiger partial charge in [0.15, 0.2) is 6.04 Å². The van der Waals surface area contributed by atoms with Crippen LogP contribution in [0.25, 0.3) is 10.9 Å². The van der Waals surface area contributed by atoms with E-state index in [4.69, 9.17) is 4.74 Å². The highest BCUT2D eigenvalue weighted by Gasteiger charge is 2.29. The molecule has 0 radical (unpaired) electrons. The van der Waals surface area contributed by atoms with E-state index in [1.807, 2.05) is 6.92 Å². The van der Waals surface area contributed by atoms with Crippen molar-refractivity contribution in [1.29, 1.82) is 0 Å². The summed E-state index contributed by atoms with van der Waals surface area (Å²) in [5, 5.41) is 8.43. The predicted octanol–water partition coefficient (Wildman–Crippen LogP) is 3.25. The van der Waals surface area contributed by atoms with Crippen molar-refractivity contribution in [3.63, 3.8) is 0 Å². The van der Waals surface area contributed by atoms with Crippen LogP contribution in [0.15, 0.2) is 48.5 Å². The summed E-state index contributed by atoms with van der Waals surface area (Å²) in [4.78, 5) is 3.69. The molecule has 3 N–H and O–H groups in total. The molecule has 0 spiro atoms. The van der Waals surface area contributed by atoms with Gasteiger partial charge in [-0.15, -0.1) is 0 Å². The molecule has 2 aromatic carbocycles. The molecule has 0 bridgehead atoms. The number of nitrogens with one attached hydrogen (secondary N) is 1. The lowest BCUT2D eigenvalue weighted by molar-refractivity contribution is -0.690. The molecule has 5 rings (SSSR count). The van der Waals surface area contributed by atoms with Crippen LogP contribution in [0.5, 0.6) is 5.75 Å². The minimum absolute atomic E-state index is 0.274. The number of rotatable bonds is 4. The van der Waals surface area contributed by atoms with E-state index in [0.717, 1.165) is 35.7 Å². The van der Waals surface area contributed by atoms with Gasteiger partial charge in [0.2, 0.25) is 0 Å². The largest absolute Gasteiger partial charge is 0.496 e. The van der Waals surface area contributed by atoms with E-state index in [2.05, 4.69) is 75.5 Å². The molecule has 0 aliphatic carbocycles. The molecule has 1 aliphatic heterocycles. The van der Waals surface area contributed by atoms with E-state index in [9.17, 15) is 0 Å². The second-order valence-corrected chi connectivity index (χ2v) is 7.97. The molecule has 4 aromatic rings. The van der Waals surface area contributed by atoms with Gasteiger partial charge in [-0.25, -0.2) is 0 Å². The number of aromatic nitrogens is 3. The number of methoxy groups -OCH3 is 1. The molecule has 3 heterocycles. The second kappa shape index (κ2) is 7.08. The lowest BCUT2D eigenvalue weighted by atomic mass is 9.93. The van der Waals surface area contributed by atoms with Crippen LogP contribution >= 0.6 is 0 Å². The summed E-state index contributed by atoms with van der Waals surface area (Å²) in [6, 6.07) is 17.6. The Hall–Kier alpha value is -3.05. The van der Waals surface area contributed by atoms with Gasteiger partial charge in [0, 0.05) is 34.1 Å². The number of fused-ring (bicyclic) bond motifs is 3. The van der Waals surface area contributed by atoms with Gasteiger partial charge in [-0.1, -0.05) is 18.2 Å². The minimum atomic E-state index is 0.274. The maximum absolute atomic E-state index is 5.66. The van der Waals surface area contributed by atoms with E-state index < -0.39 is 0 Å². The standard InChI is InChI=1S/C24H26N4O/c1-15-12-16(2)28(27-15)14-18-13-17(8-9-22(18)29-3)23-24-20(10-11-25-23)19-6-4-5-7-21(19)26-24/h4-9,12-13,23,25-26H,10-11,14H2,1-3H3/p+1/t23-/m1/s1. The Balaban J connectivity index is 1.56. The zero-order valence-electron chi connectivity index (χ0n) is 17.2. The Bertz CT molecular complexity index is 1190. The first-order valence-corrected chi connectivity index (χ1v) is 10.2. The first-order chi connectivity index (χ1) is 14.1. The summed E-state index contributed by atoms with van der Waals surface area (Å²) in [7, 11) is 1.74. The van der Waals surface area contributed by atoms with Crippen LogP contribution in [-0.4, -0.2) is 28.4 Å². The van der Waals surface area contributed by atoms with Crippen molar-refractivity contribution in [2.75, 3.05) is 13.7 Å². The van der Waals surface area contributed by atoms with Crippen LogP contribution in [0, 0.1) is 13.8 Å². The van der Waals surface area contributed by atoms with Crippen molar-refractivity contribution in [2.24, 2.45) is 0 Å². The van der Waals surface area contributed by atoms with E-state index in [0.29, 0.717) is 6.54 Å². The number of H-pyrrole nitrogens is 1. The summed E-state index contributed by atoms with van der Waals surface area (Å²) in [5.74, 6) is 0.911. The summed E-state index contributed by atoms with van der Waals surface area (Å²) >= 11 is 0. The molecule has 1 aliphatic rings. The normalized spacial score (nSPS) is 16.2. The third-order valence-corrected chi connectivity index (χ3v) is 6.04. The molecule has 0 unspecified atom stereocenters. The quantitative estimate of drug-likeness (QED) is 0.565. The topological polar surface area (TPSA) is 59.4 Å². The Morgan fingerprint density at radius 3 is 2.83 bits per heavy atom. The number of para-hydroxylation sites is 1. The van der Waals surface area contributed by atoms with Crippen LogP contribution in [0.4, 0.5) is 0 Å². The van der Waals surface area contributed by atoms with Crippen LogP contribution in [0.1, 0.15) is 39.8 Å². The molecule has 0 fully saturated rings. The molecule has 2 aromatic heterocycles. The second-order valence-electron chi connectivity index (χ2n) is 7.97. The fraction of sp³-hybridized carbons (Fsp3) is 0.292. The first-order valence-electron chi connectivity index (χ1n) is 10.2. The van der Waals surface area contributed by atoms with E-state index in [1.165, 1.54) is 27.7 Å². The fourth-order valence-corrected chi connectivity index (χ4v) is 4.68. The molecule has 29 heavy (non-hydrogen) atoms. The number of quaternary nitrogens is 1. The van der Waals surface area contributed by atoms with Gasteiger partial charge < -0.3 is 15.0 Å². The number of hydrogen-bond acceptors (Lipinski definition) is 2. The van der Waals surface area contributed by atoms with E-state index >= 15 is 0 Å². The zero-order valence-corrected chi connectivity index (χ0v) is 17.2. The van der Waals surface area contributed by atoms with Crippen molar-refractivity contribution in [3.8, 4) is 5.75 Å². The van der Waals surface area contributed by atoms with E-state index in [-0.39, 0.29) is 6.04 Å². The summed E-state index contributed by atoms with van der Waals surface area (Å²) in [6.45, 7) is 5.94. The van der Waals surface area contributed by atoms with Gasteiger partial charge >= 0.3 is 0 Å². The van der Waals surface area contributed by atoms with Crippen molar-refractivity contribution < 1.29 is 10.1 Å². The molecule has 0 saturated carbocycles. The van der Waals surface area contributed by atoms with Gasteiger partial charge in [-0.3, -0.25) is 4.68 Å². The van der Waals surface area contributed by atoms with Gasteiger partial charge in [0.1, 0.15) is 5.75 Å². The number of aryl methyl sites for hydroxylation is 2. The number of ether oxygens (including phenoxy) is 1. The molecule has 1 atom stereocenters. The number of aromatic amines is 1. The van der Waals surface area contributed by atoms with Gasteiger partial charge in [0.25, 0.3) is 0 Å². The maximum Gasteiger partial charge on any atom is 0.153 e. The zero-order chi connectivity index (χ0) is 20.0. The van der Waals surface area contributed by atoms with Crippen LogP contribution < -0.4 is 10.1 Å². The lowest BCUT2D eigenvalue weighted by Crippen LogP contribution is -2.87. The number of benzene rings is 2. The molecule has 0 amide bonds. The summed E-state index contributed by atoms with van der Waals surface area (Å²) in [6.07, 6.45) is 1.10. The Kier molecular flexibility index (Phi) is 4.40. The van der Waals surface area contributed by atoms with Gasteiger partial charge in [0.05, 0.1) is 31.6 Å². The number of nitrogens with zero attached hydrogens (tertiary/aromatic N) is 2. The summed E-state index contributed by atoms with van der Waals surface area (Å²) in [5.41, 5.74) is 8.69. The maximum atomic E-state index is 5.66. The third kappa shape index (κ3) is 3.12. The van der Waals surface area contributed by atoms with Gasteiger partial charge in [-0.2, -0.15) is 5.10 Å². The monoisotopic (exact) mass is 387 g/mol. The average molecular weight is 388 g/mol. The van der Waals surface area contributed by atoms with E-state index in [1.54, 1.807) is 7.11 Å². The molecular weight excluding hydrogens is 360 g/mol. The minimum Gasteiger partial charge on any atom is -0.496 e. The van der Waals surface area contributed by atoms with Gasteiger partial charge in [-0.05, 0) is 49.7 Å². The SMILES string of the molecule is COc1ccc([C@H]2[NH2+]CCc3c2[nH]c2ccccc32)cc1Cn1nc(C)cc1C. The third-order valence-electron chi connectivity index (χ3n) is 6.04. The molecule has 5 heteroatoms.